The predicted molar refractivity (Wildman–Crippen MR) is 70.6 cm³/mol. The maximum atomic E-state index is 13.2. The van der Waals surface area contributed by atoms with Crippen molar-refractivity contribution >= 4 is 11.6 Å². The molecule has 0 aliphatic heterocycles. The Morgan fingerprint density at radius 1 is 1.28 bits per heavy atom. The van der Waals surface area contributed by atoms with Crippen molar-refractivity contribution in [3.8, 4) is 11.5 Å². The quantitative estimate of drug-likeness (QED) is 0.909. The van der Waals surface area contributed by atoms with Crippen molar-refractivity contribution in [1.29, 1.82) is 0 Å². The highest BCUT2D eigenvalue weighted by molar-refractivity contribution is 6.32. The van der Waals surface area contributed by atoms with Gasteiger partial charge in [0.25, 0.3) is 0 Å². The summed E-state index contributed by atoms with van der Waals surface area (Å²) < 4.78 is 18.8. The predicted octanol–water partition coefficient (Wildman–Crippen LogP) is 4.04. The fourth-order valence-electron chi connectivity index (χ4n) is 1.63. The number of halogens is 2. The van der Waals surface area contributed by atoms with Crippen molar-refractivity contribution in [2.45, 2.75) is 13.5 Å². The summed E-state index contributed by atoms with van der Waals surface area (Å²) in [4.78, 5) is 0. The molecule has 94 valence electrons. The molecule has 2 nitrogen and oxygen atoms in total. The molecule has 0 heterocycles. The molecule has 0 bridgehead atoms. The lowest BCUT2D eigenvalue weighted by atomic mass is 10.2. The van der Waals surface area contributed by atoms with Gasteiger partial charge in [-0.3, -0.25) is 0 Å². The van der Waals surface area contributed by atoms with Crippen LogP contribution >= 0.6 is 11.6 Å². The number of hydrogen-bond donors (Lipinski definition) is 1. The van der Waals surface area contributed by atoms with Gasteiger partial charge in [0, 0.05) is 12.1 Å². The molecule has 0 aromatic heterocycles. The number of hydrogen-bond acceptors (Lipinski definition) is 2. The molecule has 18 heavy (non-hydrogen) atoms. The van der Waals surface area contributed by atoms with E-state index in [1.807, 2.05) is 12.1 Å². The lowest BCUT2D eigenvalue weighted by Crippen LogP contribution is -2.00. The molecule has 2 aromatic rings. The van der Waals surface area contributed by atoms with E-state index in [9.17, 15) is 4.39 Å². The van der Waals surface area contributed by atoms with Gasteiger partial charge in [0.15, 0.2) is 0 Å². The summed E-state index contributed by atoms with van der Waals surface area (Å²) in [5, 5.41) is 0.486. The zero-order valence-electron chi connectivity index (χ0n) is 9.91. The van der Waals surface area contributed by atoms with Gasteiger partial charge in [-0.15, -0.1) is 0 Å². The Bertz CT molecular complexity index is 572. The zero-order chi connectivity index (χ0) is 13.1. The van der Waals surface area contributed by atoms with E-state index in [4.69, 9.17) is 22.1 Å². The Labute approximate surface area is 110 Å². The molecule has 0 atom stereocenters. The molecule has 4 heteroatoms. The van der Waals surface area contributed by atoms with Gasteiger partial charge in [-0.25, -0.2) is 4.39 Å². The van der Waals surface area contributed by atoms with Crippen LogP contribution in [0.5, 0.6) is 11.5 Å². The van der Waals surface area contributed by atoms with Gasteiger partial charge in [-0.05, 0) is 36.8 Å². The van der Waals surface area contributed by atoms with Crippen molar-refractivity contribution in [2.75, 3.05) is 0 Å². The minimum absolute atomic E-state index is 0.263. The minimum atomic E-state index is -0.263. The lowest BCUT2D eigenvalue weighted by Gasteiger charge is -2.12. The normalized spacial score (nSPS) is 10.4. The molecule has 2 aromatic carbocycles. The Kier molecular flexibility index (Phi) is 3.84. The van der Waals surface area contributed by atoms with Crippen LogP contribution in [0.1, 0.15) is 11.1 Å². The van der Waals surface area contributed by atoms with Gasteiger partial charge < -0.3 is 10.5 Å². The van der Waals surface area contributed by atoms with Crippen molar-refractivity contribution in [3.63, 3.8) is 0 Å². The summed E-state index contributed by atoms with van der Waals surface area (Å²) in [5.74, 6) is 0.796. The molecular weight excluding hydrogens is 253 g/mol. The SMILES string of the molecule is Cc1cc(Oc2c(Cl)cccc2CN)ccc1F. The van der Waals surface area contributed by atoms with Crippen molar-refractivity contribution in [2.24, 2.45) is 5.73 Å². The highest BCUT2D eigenvalue weighted by Gasteiger charge is 2.09. The topological polar surface area (TPSA) is 35.2 Å². The molecule has 0 saturated heterocycles. The van der Waals surface area contributed by atoms with Crippen molar-refractivity contribution < 1.29 is 9.13 Å². The van der Waals surface area contributed by atoms with E-state index in [0.717, 1.165) is 5.56 Å². The molecule has 0 unspecified atom stereocenters. The molecule has 0 radical (unpaired) electrons. The van der Waals surface area contributed by atoms with Crippen molar-refractivity contribution in [1.82, 2.24) is 0 Å². The number of ether oxygens (including phenoxy) is 1. The van der Waals surface area contributed by atoms with Crippen LogP contribution in [0, 0.1) is 12.7 Å². The second-order valence-electron chi connectivity index (χ2n) is 3.95. The summed E-state index contributed by atoms with van der Waals surface area (Å²) >= 11 is 6.07. The molecule has 0 aliphatic rings. The van der Waals surface area contributed by atoms with Crippen LogP contribution in [0.3, 0.4) is 0 Å². The summed E-state index contributed by atoms with van der Waals surface area (Å²) in [7, 11) is 0. The van der Waals surface area contributed by atoms with E-state index < -0.39 is 0 Å². The standard InChI is InChI=1S/C14H13ClFNO/c1-9-7-11(5-6-13(9)16)18-14-10(8-17)3-2-4-12(14)15/h2-7H,8,17H2,1H3. The molecule has 0 amide bonds. The minimum Gasteiger partial charge on any atom is -0.455 e. The molecule has 0 fully saturated rings. The summed E-state index contributed by atoms with van der Waals surface area (Å²) in [6.45, 7) is 2.01. The van der Waals surface area contributed by atoms with Crippen LogP contribution in [0.2, 0.25) is 5.02 Å². The first-order chi connectivity index (χ1) is 8.61. The van der Waals surface area contributed by atoms with Crippen LogP contribution < -0.4 is 10.5 Å². The molecule has 0 saturated carbocycles. The zero-order valence-corrected chi connectivity index (χ0v) is 10.7. The molecule has 0 spiro atoms. The van der Waals surface area contributed by atoms with Gasteiger partial charge in [-0.1, -0.05) is 23.7 Å². The molecule has 2 rings (SSSR count). The Morgan fingerprint density at radius 3 is 2.72 bits per heavy atom. The van der Waals surface area contributed by atoms with E-state index in [1.165, 1.54) is 6.07 Å². The monoisotopic (exact) mass is 265 g/mol. The molecular formula is C14H13ClFNO. The first-order valence-electron chi connectivity index (χ1n) is 5.53. The van der Waals surface area contributed by atoms with Crippen LogP contribution in [0.25, 0.3) is 0 Å². The largest absolute Gasteiger partial charge is 0.455 e. The smallest absolute Gasteiger partial charge is 0.150 e. The fourth-order valence-corrected chi connectivity index (χ4v) is 1.86. The second kappa shape index (κ2) is 5.38. The van der Waals surface area contributed by atoms with E-state index >= 15 is 0 Å². The maximum Gasteiger partial charge on any atom is 0.150 e. The van der Waals surface area contributed by atoms with Crippen LogP contribution in [-0.4, -0.2) is 0 Å². The van der Waals surface area contributed by atoms with Gasteiger partial charge in [0.2, 0.25) is 0 Å². The Balaban J connectivity index is 2.36. The number of aryl methyl sites for hydroxylation is 1. The van der Waals surface area contributed by atoms with Crippen LogP contribution in [-0.2, 0) is 6.54 Å². The third-order valence-corrected chi connectivity index (χ3v) is 2.92. The fraction of sp³-hybridized carbons (Fsp3) is 0.143. The average molecular weight is 266 g/mol. The Hall–Kier alpha value is -1.58. The summed E-state index contributed by atoms with van der Waals surface area (Å²) in [6, 6.07) is 9.94. The van der Waals surface area contributed by atoms with Crippen molar-refractivity contribution in [3.05, 3.63) is 58.4 Å². The van der Waals surface area contributed by atoms with E-state index in [2.05, 4.69) is 0 Å². The Morgan fingerprint density at radius 2 is 2.06 bits per heavy atom. The van der Waals surface area contributed by atoms with Gasteiger partial charge in [-0.2, -0.15) is 0 Å². The first kappa shape index (κ1) is 12.9. The number of benzene rings is 2. The van der Waals surface area contributed by atoms with Gasteiger partial charge >= 0.3 is 0 Å². The molecule has 2 N–H and O–H groups in total. The number of nitrogens with two attached hydrogens (primary N) is 1. The van der Waals surface area contributed by atoms with Gasteiger partial charge in [0.05, 0.1) is 5.02 Å². The third-order valence-electron chi connectivity index (χ3n) is 2.62. The molecule has 0 aliphatic carbocycles. The summed E-state index contributed by atoms with van der Waals surface area (Å²) in [5.41, 5.74) is 6.96. The lowest BCUT2D eigenvalue weighted by molar-refractivity contribution is 0.474. The number of rotatable bonds is 3. The second-order valence-corrected chi connectivity index (χ2v) is 4.35. The van der Waals surface area contributed by atoms with Crippen LogP contribution in [0.4, 0.5) is 4.39 Å². The van der Waals surface area contributed by atoms with E-state index in [-0.39, 0.29) is 5.82 Å². The first-order valence-corrected chi connectivity index (χ1v) is 5.91. The third kappa shape index (κ3) is 2.63. The highest BCUT2D eigenvalue weighted by atomic mass is 35.5. The maximum absolute atomic E-state index is 13.2. The van der Waals surface area contributed by atoms with Crippen LogP contribution in [0.15, 0.2) is 36.4 Å². The van der Waals surface area contributed by atoms with E-state index in [0.29, 0.717) is 28.6 Å². The van der Waals surface area contributed by atoms with Gasteiger partial charge in [0.1, 0.15) is 17.3 Å². The number of para-hydroxylation sites is 1. The highest BCUT2D eigenvalue weighted by Crippen LogP contribution is 2.33. The average Bonchev–Trinajstić information content (AvgIpc) is 2.36. The summed E-state index contributed by atoms with van der Waals surface area (Å²) in [6.07, 6.45) is 0. The van der Waals surface area contributed by atoms with E-state index in [1.54, 1.807) is 25.1 Å².